The normalized spacial score (nSPS) is 17.0. The van der Waals surface area contributed by atoms with E-state index in [0.717, 1.165) is 36.4 Å². The monoisotopic (exact) mass is 333 g/mol. The van der Waals surface area contributed by atoms with E-state index in [-0.39, 0.29) is 11.9 Å². The average molecular weight is 333 g/mol. The number of thiazole rings is 1. The first-order valence-electron chi connectivity index (χ1n) is 7.43. The highest BCUT2D eigenvalue weighted by atomic mass is 32.1. The molecule has 0 saturated carbocycles. The maximum atomic E-state index is 12.1. The Kier molecular flexibility index (Phi) is 4.78. The van der Waals surface area contributed by atoms with Gasteiger partial charge in [0.2, 0.25) is 5.91 Å². The molecule has 1 saturated heterocycles. The minimum atomic E-state index is -0.117. The van der Waals surface area contributed by atoms with Gasteiger partial charge in [0.25, 0.3) is 0 Å². The van der Waals surface area contributed by atoms with Gasteiger partial charge in [0.1, 0.15) is 11.5 Å². The van der Waals surface area contributed by atoms with Gasteiger partial charge in [-0.25, -0.2) is 4.98 Å². The summed E-state index contributed by atoms with van der Waals surface area (Å²) in [5.41, 5.74) is 1.59. The van der Waals surface area contributed by atoms with E-state index in [0.29, 0.717) is 10.9 Å². The number of amides is 1. The zero-order chi connectivity index (χ0) is 16.2. The molecule has 0 aliphatic carbocycles. The Morgan fingerprint density at radius 2 is 2.26 bits per heavy atom. The minimum absolute atomic E-state index is 0.0268. The molecule has 0 spiro atoms. The minimum Gasteiger partial charge on any atom is -0.497 e. The highest BCUT2D eigenvalue weighted by Gasteiger charge is 2.23. The van der Waals surface area contributed by atoms with Crippen molar-refractivity contribution in [3.8, 4) is 22.8 Å². The van der Waals surface area contributed by atoms with E-state index in [2.05, 4.69) is 15.6 Å². The van der Waals surface area contributed by atoms with Crippen LogP contribution in [0.3, 0.4) is 0 Å². The number of carbonyl (C=O) groups excluding carboxylic acids is 1. The smallest absolute Gasteiger partial charge is 0.243 e. The van der Waals surface area contributed by atoms with Crippen molar-refractivity contribution in [1.82, 2.24) is 10.3 Å². The van der Waals surface area contributed by atoms with Gasteiger partial charge in [-0.15, -0.1) is 11.3 Å². The molecular formula is C16H19N3O3S. The van der Waals surface area contributed by atoms with Gasteiger partial charge in [-0.3, -0.25) is 4.79 Å². The fraction of sp³-hybridized carbons (Fsp3) is 0.375. The Morgan fingerprint density at radius 3 is 2.96 bits per heavy atom. The van der Waals surface area contributed by atoms with Crippen LogP contribution in [0, 0.1) is 0 Å². The number of hydrogen-bond acceptors (Lipinski definition) is 6. The van der Waals surface area contributed by atoms with Crippen molar-refractivity contribution in [2.24, 2.45) is 0 Å². The third-order valence-electron chi connectivity index (χ3n) is 3.79. The SMILES string of the molecule is COc1ccc(OC)c(-c2csc(NC(=O)C3CCCN3)n2)c1. The van der Waals surface area contributed by atoms with Crippen LogP contribution in [0.15, 0.2) is 23.6 Å². The van der Waals surface area contributed by atoms with Gasteiger partial charge in [0.15, 0.2) is 5.13 Å². The molecule has 122 valence electrons. The number of nitrogens with one attached hydrogen (secondary N) is 2. The number of benzene rings is 1. The quantitative estimate of drug-likeness (QED) is 0.880. The zero-order valence-electron chi connectivity index (χ0n) is 13.1. The van der Waals surface area contributed by atoms with Crippen LogP contribution in [0.1, 0.15) is 12.8 Å². The number of anilines is 1. The first kappa shape index (κ1) is 15.8. The van der Waals surface area contributed by atoms with Crippen molar-refractivity contribution in [3.63, 3.8) is 0 Å². The number of hydrogen-bond donors (Lipinski definition) is 2. The lowest BCUT2D eigenvalue weighted by Gasteiger charge is -2.09. The van der Waals surface area contributed by atoms with Gasteiger partial charge < -0.3 is 20.1 Å². The molecule has 1 aliphatic rings. The van der Waals surface area contributed by atoms with E-state index < -0.39 is 0 Å². The summed E-state index contributed by atoms with van der Waals surface area (Å²) in [6.45, 7) is 0.891. The topological polar surface area (TPSA) is 72.5 Å². The molecule has 0 bridgehead atoms. The molecule has 1 aliphatic heterocycles. The van der Waals surface area contributed by atoms with E-state index >= 15 is 0 Å². The highest BCUT2D eigenvalue weighted by molar-refractivity contribution is 7.14. The third kappa shape index (κ3) is 3.46. The van der Waals surface area contributed by atoms with E-state index in [1.165, 1.54) is 11.3 Å². The van der Waals surface area contributed by atoms with Gasteiger partial charge >= 0.3 is 0 Å². The van der Waals surface area contributed by atoms with Gasteiger partial charge in [-0.05, 0) is 37.6 Å². The van der Waals surface area contributed by atoms with Crippen molar-refractivity contribution in [2.75, 3.05) is 26.1 Å². The number of carbonyl (C=O) groups is 1. The molecule has 0 radical (unpaired) electrons. The van der Waals surface area contributed by atoms with Crippen molar-refractivity contribution < 1.29 is 14.3 Å². The molecule has 1 aromatic heterocycles. The molecule has 23 heavy (non-hydrogen) atoms. The van der Waals surface area contributed by atoms with Gasteiger partial charge in [-0.2, -0.15) is 0 Å². The Labute approximate surface area is 138 Å². The van der Waals surface area contributed by atoms with Crippen LogP contribution in [0.2, 0.25) is 0 Å². The molecule has 2 N–H and O–H groups in total. The summed E-state index contributed by atoms with van der Waals surface area (Å²) in [4.78, 5) is 16.6. The van der Waals surface area contributed by atoms with E-state index in [9.17, 15) is 4.79 Å². The molecule has 1 unspecified atom stereocenters. The molecular weight excluding hydrogens is 314 g/mol. The van der Waals surface area contributed by atoms with E-state index in [1.54, 1.807) is 14.2 Å². The van der Waals surface area contributed by atoms with Gasteiger partial charge in [0, 0.05) is 10.9 Å². The molecule has 1 amide bonds. The lowest BCUT2D eigenvalue weighted by atomic mass is 10.1. The predicted octanol–water partition coefficient (Wildman–Crippen LogP) is 2.52. The summed E-state index contributed by atoms with van der Waals surface area (Å²) in [6, 6.07) is 5.43. The molecule has 1 fully saturated rings. The van der Waals surface area contributed by atoms with Crippen LogP contribution in [0.4, 0.5) is 5.13 Å². The summed E-state index contributed by atoms with van der Waals surface area (Å²) in [7, 11) is 3.24. The Hall–Kier alpha value is -2.12. The van der Waals surface area contributed by atoms with Crippen LogP contribution in [-0.4, -0.2) is 37.7 Å². The fourth-order valence-electron chi connectivity index (χ4n) is 2.57. The van der Waals surface area contributed by atoms with Crippen LogP contribution < -0.4 is 20.1 Å². The molecule has 6 nitrogen and oxygen atoms in total. The first-order chi connectivity index (χ1) is 11.2. The second kappa shape index (κ2) is 6.97. The number of rotatable bonds is 5. The summed E-state index contributed by atoms with van der Waals surface area (Å²) in [6.07, 6.45) is 1.90. The van der Waals surface area contributed by atoms with Gasteiger partial charge in [0.05, 0.1) is 26.0 Å². The zero-order valence-corrected chi connectivity index (χ0v) is 13.9. The maximum absolute atomic E-state index is 12.1. The molecule has 1 atom stereocenters. The Bertz CT molecular complexity index is 696. The summed E-state index contributed by atoms with van der Waals surface area (Å²) in [5, 5.41) is 8.54. The van der Waals surface area contributed by atoms with Crippen LogP contribution in [-0.2, 0) is 4.79 Å². The summed E-state index contributed by atoms with van der Waals surface area (Å²) < 4.78 is 10.6. The van der Waals surface area contributed by atoms with E-state index in [1.807, 2.05) is 23.6 Å². The number of aromatic nitrogens is 1. The number of methoxy groups -OCH3 is 2. The second-order valence-electron chi connectivity index (χ2n) is 5.24. The maximum Gasteiger partial charge on any atom is 0.243 e. The highest BCUT2D eigenvalue weighted by Crippen LogP contribution is 2.35. The van der Waals surface area contributed by atoms with Crippen molar-refractivity contribution in [3.05, 3.63) is 23.6 Å². The van der Waals surface area contributed by atoms with Crippen molar-refractivity contribution >= 4 is 22.4 Å². The molecule has 3 rings (SSSR count). The summed E-state index contributed by atoms with van der Waals surface area (Å²) in [5.74, 6) is 1.42. The fourth-order valence-corrected chi connectivity index (χ4v) is 3.28. The largest absolute Gasteiger partial charge is 0.497 e. The van der Waals surface area contributed by atoms with E-state index in [4.69, 9.17) is 9.47 Å². The third-order valence-corrected chi connectivity index (χ3v) is 4.55. The Balaban J connectivity index is 1.80. The predicted molar refractivity (Wildman–Crippen MR) is 90.3 cm³/mol. The molecule has 1 aromatic carbocycles. The van der Waals surface area contributed by atoms with Crippen LogP contribution in [0.25, 0.3) is 11.3 Å². The van der Waals surface area contributed by atoms with Gasteiger partial charge in [-0.1, -0.05) is 0 Å². The lowest BCUT2D eigenvalue weighted by molar-refractivity contribution is -0.117. The standard InChI is InChI=1S/C16H19N3O3S/c1-21-10-5-6-14(22-2)11(8-10)13-9-23-16(18-13)19-15(20)12-4-3-7-17-12/h5-6,8-9,12,17H,3-4,7H2,1-2H3,(H,18,19,20). The Morgan fingerprint density at radius 1 is 1.39 bits per heavy atom. The average Bonchev–Trinajstić information content (AvgIpc) is 3.26. The van der Waals surface area contributed by atoms with Crippen LogP contribution >= 0.6 is 11.3 Å². The van der Waals surface area contributed by atoms with Crippen LogP contribution in [0.5, 0.6) is 11.5 Å². The van der Waals surface area contributed by atoms with Crippen molar-refractivity contribution in [1.29, 1.82) is 0 Å². The number of nitrogens with zero attached hydrogens (tertiary/aromatic N) is 1. The molecule has 7 heteroatoms. The van der Waals surface area contributed by atoms with Crippen molar-refractivity contribution in [2.45, 2.75) is 18.9 Å². The first-order valence-corrected chi connectivity index (χ1v) is 8.31. The molecule has 2 heterocycles. The number of ether oxygens (including phenoxy) is 2. The lowest BCUT2D eigenvalue weighted by Crippen LogP contribution is -2.35. The summed E-state index contributed by atoms with van der Waals surface area (Å²) >= 11 is 1.40. The second-order valence-corrected chi connectivity index (χ2v) is 6.10. The molecule has 2 aromatic rings.